The van der Waals surface area contributed by atoms with Gasteiger partial charge < -0.3 is 27.2 Å². The number of carboxylic acid groups (broad SMARTS) is 1. The molecule has 17 nitrogen and oxygen atoms in total. The van der Waals surface area contributed by atoms with Crippen molar-refractivity contribution in [1.82, 2.24) is 20.2 Å². The fourth-order valence-corrected chi connectivity index (χ4v) is 4.48. The van der Waals surface area contributed by atoms with Gasteiger partial charge in [0.25, 0.3) is 5.91 Å². The predicted molar refractivity (Wildman–Crippen MR) is 150 cm³/mol. The molecule has 1 aromatic heterocycles. The van der Waals surface area contributed by atoms with Gasteiger partial charge in [-0.05, 0) is 36.7 Å². The highest BCUT2D eigenvalue weighted by molar-refractivity contribution is 6.32. The van der Waals surface area contributed by atoms with Crippen molar-refractivity contribution in [1.29, 1.82) is 0 Å². The predicted octanol–water partition coefficient (Wildman–Crippen LogP) is 0.0851. The number of aliphatic imine (C=N–C) groups is 1. The Kier molecular flexibility index (Phi) is 9.82. The first-order chi connectivity index (χ1) is 19.3. The standard InChI is InChI=1S/C23H31ClN12O5/c24-15-17(36(29)21(27)39)32-16(35(28)20(26)38)14(31-15)18(37)33-19(25)30-12-23(7-6-13-4-2-1-3-5-13)8-10-34(11-9-23)22(40)41/h1-5H,6-12,28-29H2,(H2,26,38)(H2,27,39)(H,40,41)(H3,25,30,33,37). The maximum absolute atomic E-state index is 13.1. The highest BCUT2D eigenvalue weighted by Crippen LogP contribution is 2.37. The summed E-state index contributed by atoms with van der Waals surface area (Å²) in [7, 11) is 0. The lowest BCUT2D eigenvalue weighted by Crippen LogP contribution is -2.47. The SMILES string of the molecule is NC(=O)N(N)c1nc(N(N)C(N)=O)c(C(=O)NC(N)=NCC2(CCc3ccccc3)CCN(C(=O)O)CC2)nc1Cl. The molecule has 2 heterocycles. The summed E-state index contributed by atoms with van der Waals surface area (Å²) in [6.07, 6.45) is 1.54. The molecule has 0 bridgehead atoms. The van der Waals surface area contributed by atoms with Crippen molar-refractivity contribution in [2.45, 2.75) is 25.7 Å². The Morgan fingerprint density at radius 1 is 1.00 bits per heavy atom. The van der Waals surface area contributed by atoms with E-state index in [9.17, 15) is 24.3 Å². The van der Waals surface area contributed by atoms with E-state index in [1.807, 2.05) is 30.3 Å². The molecule has 0 aliphatic carbocycles. The summed E-state index contributed by atoms with van der Waals surface area (Å²) in [4.78, 5) is 61.1. The fourth-order valence-electron chi connectivity index (χ4n) is 4.26. The van der Waals surface area contributed by atoms with Crippen LogP contribution < -0.4 is 44.2 Å². The maximum Gasteiger partial charge on any atom is 0.407 e. The Morgan fingerprint density at radius 2 is 1.59 bits per heavy atom. The molecule has 0 saturated carbocycles. The van der Waals surface area contributed by atoms with Gasteiger partial charge in [0.1, 0.15) is 0 Å². The molecule has 12 N–H and O–H groups in total. The molecule has 1 aliphatic rings. The average Bonchev–Trinajstić information content (AvgIpc) is 2.94. The third-order valence-electron chi connectivity index (χ3n) is 6.67. The van der Waals surface area contributed by atoms with Crippen LogP contribution in [0.3, 0.4) is 0 Å². The number of anilines is 2. The van der Waals surface area contributed by atoms with Crippen LogP contribution in [0.5, 0.6) is 0 Å². The number of nitrogens with zero attached hydrogens (tertiary/aromatic N) is 6. The van der Waals surface area contributed by atoms with Gasteiger partial charge in [-0.1, -0.05) is 41.9 Å². The van der Waals surface area contributed by atoms with E-state index >= 15 is 0 Å². The number of aryl methyl sites for hydroxylation is 1. The lowest BCUT2D eigenvalue weighted by molar-refractivity contribution is 0.0880. The van der Waals surface area contributed by atoms with E-state index in [0.29, 0.717) is 42.4 Å². The summed E-state index contributed by atoms with van der Waals surface area (Å²) in [6.45, 7) is 0.861. The number of piperidine rings is 1. The van der Waals surface area contributed by atoms with Gasteiger partial charge in [-0.3, -0.25) is 15.1 Å². The number of hydrogen-bond donors (Lipinski definition) is 7. The van der Waals surface area contributed by atoms with E-state index in [1.165, 1.54) is 4.90 Å². The van der Waals surface area contributed by atoms with Crippen LogP contribution >= 0.6 is 11.6 Å². The molecule has 220 valence electrons. The Hall–Kier alpha value is -4.74. The minimum atomic E-state index is -1.22. The highest BCUT2D eigenvalue weighted by Gasteiger charge is 2.36. The van der Waals surface area contributed by atoms with Gasteiger partial charge in [0.05, 0.1) is 0 Å². The quantitative estimate of drug-likeness (QED) is 0.0714. The number of rotatable bonds is 8. The number of aromatic nitrogens is 2. The van der Waals surface area contributed by atoms with Gasteiger partial charge in [-0.25, -0.2) is 46.1 Å². The Labute approximate surface area is 239 Å². The van der Waals surface area contributed by atoms with E-state index in [4.69, 9.17) is 40.5 Å². The zero-order valence-electron chi connectivity index (χ0n) is 21.9. The smallest absolute Gasteiger partial charge is 0.407 e. The molecule has 1 saturated heterocycles. The number of carbonyl (C=O) groups excluding carboxylic acids is 3. The van der Waals surface area contributed by atoms with Crippen LogP contribution in [0.1, 0.15) is 35.3 Å². The third kappa shape index (κ3) is 7.68. The second-order valence-electron chi connectivity index (χ2n) is 9.34. The number of nitrogens with one attached hydrogen (secondary N) is 1. The largest absolute Gasteiger partial charge is 0.465 e. The van der Waals surface area contributed by atoms with E-state index in [-0.39, 0.29) is 17.9 Å². The number of halogens is 1. The van der Waals surface area contributed by atoms with E-state index in [2.05, 4.69) is 20.3 Å². The summed E-state index contributed by atoms with van der Waals surface area (Å²) < 4.78 is 0. The minimum Gasteiger partial charge on any atom is -0.465 e. The molecule has 6 amide bonds. The molecular formula is C23H31ClN12O5. The normalized spacial score (nSPS) is 14.7. The van der Waals surface area contributed by atoms with Gasteiger partial charge in [0.2, 0.25) is 0 Å². The topological polar surface area (TPSA) is 278 Å². The van der Waals surface area contributed by atoms with Gasteiger partial charge >= 0.3 is 18.2 Å². The third-order valence-corrected chi connectivity index (χ3v) is 6.93. The van der Waals surface area contributed by atoms with Crippen LogP contribution in [-0.4, -0.2) is 69.6 Å². The molecule has 1 fully saturated rings. The number of carbonyl (C=O) groups is 4. The summed E-state index contributed by atoms with van der Waals surface area (Å²) >= 11 is 6.04. The van der Waals surface area contributed by atoms with Gasteiger partial charge in [0, 0.05) is 19.6 Å². The number of hydrogen-bond acceptors (Lipinski definition) is 9. The fraction of sp³-hybridized carbons (Fsp3) is 0.348. The minimum absolute atomic E-state index is 0.197. The second-order valence-corrected chi connectivity index (χ2v) is 9.70. The number of benzene rings is 1. The highest BCUT2D eigenvalue weighted by atomic mass is 35.5. The van der Waals surface area contributed by atoms with Crippen molar-refractivity contribution in [3.8, 4) is 0 Å². The lowest BCUT2D eigenvalue weighted by atomic mass is 9.74. The summed E-state index contributed by atoms with van der Waals surface area (Å²) in [5.41, 5.74) is 16.5. The van der Waals surface area contributed by atoms with Crippen molar-refractivity contribution >= 4 is 53.3 Å². The molecular weight excluding hydrogens is 560 g/mol. The van der Waals surface area contributed by atoms with Gasteiger partial charge in [0.15, 0.2) is 28.4 Å². The number of nitrogens with two attached hydrogens (primary N) is 5. The summed E-state index contributed by atoms with van der Waals surface area (Å²) in [5, 5.41) is 11.8. The Balaban J connectivity index is 1.83. The molecule has 0 spiro atoms. The number of urea groups is 2. The van der Waals surface area contributed by atoms with Crippen molar-refractivity contribution in [3.63, 3.8) is 0 Å². The Bertz CT molecular complexity index is 1330. The lowest BCUT2D eigenvalue weighted by Gasteiger charge is -2.40. The first kappa shape index (κ1) is 30.8. The van der Waals surface area contributed by atoms with E-state index in [1.54, 1.807) is 0 Å². The maximum atomic E-state index is 13.1. The molecule has 1 aromatic carbocycles. The molecule has 2 aromatic rings. The zero-order valence-corrected chi connectivity index (χ0v) is 22.6. The second kappa shape index (κ2) is 13.1. The van der Waals surface area contributed by atoms with Crippen LogP contribution in [0.4, 0.5) is 26.0 Å². The molecule has 1 aliphatic heterocycles. The Morgan fingerprint density at radius 3 is 2.15 bits per heavy atom. The molecule has 3 rings (SSSR count). The zero-order chi connectivity index (χ0) is 30.3. The summed E-state index contributed by atoms with van der Waals surface area (Å²) in [6, 6.07) is 7.43. The molecule has 0 atom stereocenters. The number of hydrazine groups is 2. The van der Waals surface area contributed by atoms with Crippen molar-refractivity contribution in [2.75, 3.05) is 29.7 Å². The summed E-state index contributed by atoms with van der Waals surface area (Å²) in [5.74, 6) is 8.77. The number of likely N-dealkylation sites (tertiary alicyclic amines) is 1. The number of amides is 6. The van der Waals surface area contributed by atoms with Crippen LogP contribution in [0.2, 0.25) is 5.15 Å². The first-order valence-corrected chi connectivity index (χ1v) is 12.6. The molecule has 0 radical (unpaired) electrons. The average molecular weight is 591 g/mol. The van der Waals surface area contributed by atoms with Crippen molar-refractivity contribution in [3.05, 3.63) is 46.7 Å². The van der Waals surface area contributed by atoms with Crippen LogP contribution in [0.25, 0.3) is 0 Å². The van der Waals surface area contributed by atoms with Crippen molar-refractivity contribution in [2.24, 2.45) is 39.3 Å². The first-order valence-electron chi connectivity index (χ1n) is 12.2. The number of guanidine groups is 1. The van der Waals surface area contributed by atoms with Crippen LogP contribution in [0.15, 0.2) is 35.3 Å². The molecule has 0 unspecified atom stereocenters. The van der Waals surface area contributed by atoms with E-state index < -0.39 is 46.5 Å². The van der Waals surface area contributed by atoms with E-state index in [0.717, 1.165) is 12.0 Å². The van der Waals surface area contributed by atoms with Crippen LogP contribution in [-0.2, 0) is 6.42 Å². The van der Waals surface area contributed by atoms with Gasteiger partial charge in [-0.15, -0.1) is 0 Å². The number of primary amides is 2. The van der Waals surface area contributed by atoms with Crippen molar-refractivity contribution < 1.29 is 24.3 Å². The van der Waals surface area contributed by atoms with Crippen LogP contribution in [0, 0.1) is 5.41 Å². The monoisotopic (exact) mass is 590 g/mol. The molecule has 18 heteroatoms. The van der Waals surface area contributed by atoms with Gasteiger partial charge in [-0.2, -0.15) is 0 Å². The molecule has 41 heavy (non-hydrogen) atoms.